The summed E-state index contributed by atoms with van der Waals surface area (Å²) in [6.07, 6.45) is 4.23. The first-order chi connectivity index (χ1) is 14.6. The lowest BCUT2D eigenvalue weighted by molar-refractivity contribution is 0.101. The zero-order valence-electron chi connectivity index (χ0n) is 17.5. The van der Waals surface area contributed by atoms with Gasteiger partial charge in [-0.05, 0) is 41.9 Å². The molecule has 31 heavy (non-hydrogen) atoms. The number of benzene rings is 1. The van der Waals surface area contributed by atoms with Crippen molar-refractivity contribution in [3.8, 4) is 0 Å². The molecule has 0 spiro atoms. The van der Waals surface area contributed by atoms with Crippen LogP contribution in [0.15, 0.2) is 28.9 Å². The Balaban J connectivity index is 1.50. The standard InChI is InChI=1S/C22H23Cl3N4O2/c1-22(2,3)13-5-7-18-14(9-13)19(28-31-18)21(30)26-20-17(25)11-29(27-20)10-12-4-6-15(23)16(24)8-12/h4,6,8,11,13H,5,7,9-10H2,1-3H3,(H,26,27,30). The molecule has 1 aromatic carbocycles. The molecule has 0 radical (unpaired) electrons. The maximum absolute atomic E-state index is 12.9. The molecule has 0 saturated heterocycles. The summed E-state index contributed by atoms with van der Waals surface area (Å²) in [6, 6.07) is 5.35. The fraction of sp³-hybridized carbons (Fsp3) is 0.409. The van der Waals surface area contributed by atoms with Crippen molar-refractivity contribution in [3.05, 3.63) is 62.0 Å². The molecule has 3 aromatic rings. The lowest BCUT2D eigenvalue weighted by Crippen LogP contribution is -2.27. The van der Waals surface area contributed by atoms with E-state index in [4.69, 9.17) is 39.3 Å². The highest BCUT2D eigenvalue weighted by Crippen LogP contribution is 2.38. The minimum Gasteiger partial charge on any atom is -0.360 e. The molecule has 2 aromatic heterocycles. The SMILES string of the molecule is CC(C)(C)C1CCc2onc(C(=O)Nc3nn(Cc4ccc(Cl)c(Cl)c4)cc3Cl)c2C1. The Labute approximate surface area is 195 Å². The van der Waals surface area contributed by atoms with Crippen molar-refractivity contribution in [2.75, 3.05) is 5.32 Å². The van der Waals surface area contributed by atoms with Gasteiger partial charge in [-0.2, -0.15) is 5.10 Å². The summed E-state index contributed by atoms with van der Waals surface area (Å²) < 4.78 is 7.08. The summed E-state index contributed by atoms with van der Waals surface area (Å²) in [7, 11) is 0. The van der Waals surface area contributed by atoms with E-state index in [2.05, 4.69) is 36.3 Å². The monoisotopic (exact) mass is 480 g/mol. The molecule has 1 N–H and O–H groups in total. The van der Waals surface area contributed by atoms with Crippen LogP contribution in [0.2, 0.25) is 15.1 Å². The second-order valence-electron chi connectivity index (χ2n) is 8.96. The molecule has 6 nitrogen and oxygen atoms in total. The van der Waals surface area contributed by atoms with Crippen molar-refractivity contribution < 1.29 is 9.32 Å². The minimum absolute atomic E-state index is 0.148. The number of amides is 1. The third-order valence-corrected chi connectivity index (χ3v) is 6.77. The van der Waals surface area contributed by atoms with E-state index in [0.717, 1.165) is 36.1 Å². The summed E-state index contributed by atoms with van der Waals surface area (Å²) in [5, 5.41) is 12.5. The van der Waals surface area contributed by atoms with Crippen LogP contribution in [0.25, 0.3) is 0 Å². The minimum atomic E-state index is -0.374. The first-order valence-corrected chi connectivity index (χ1v) is 11.2. The predicted molar refractivity (Wildman–Crippen MR) is 122 cm³/mol. The zero-order valence-corrected chi connectivity index (χ0v) is 19.8. The molecule has 0 saturated carbocycles. The van der Waals surface area contributed by atoms with Gasteiger partial charge in [-0.15, -0.1) is 0 Å². The first kappa shape index (κ1) is 22.2. The van der Waals surface area contributed by atoms with Crippen LogP contribution in [-0.2, 0) is 19.4 Å². The number of aryl methyl sites for hydroxylation is 1. The lowest BCUT2D eigenvalue weighted by atomic mass is 9.71. The summed E-state index contributed by atoms with van der Waals surface area (Å²) in [6.45, 7) is 7.09. The fourth-order valence-electron chi connectivity index (χ4n) is 3.88. The van der Waals surface area contributed by atoms with Crippen molar-refractivity contribution in [1.82, 2.24) is 14.9 Å². The number of rotatable bonds is 4. The van der Waals surface area contributed by atoms with Crippen LogP contribution in [0.1, 0.15) is 54.6 Å². The Morgan fingerprint density at radius 2 is 2.00 bits per heavy atom. The van der Waals surface area contributed by atoms with Crippen LogP contribution < -0.4 is 5.32 Å². The predicted octanol–water partition coefficient (Wildman–Crippen LogP) is 6.28. The number of hydrogen-bond donors (Lipinski definition) is 1. The average Bonchev–Trinajstić information content (AvgIpc) is 3.27. The van der Waals surface area contributed by atoms with Gasteiger partial charge in [0.1, 0.15) is 10.8 Å². The maximum atomic E-state index is 12.9. The van der Waals surface area contributed by atoms with Crippen LogP contribution in [0.5, 0.6) is 0 Å². The number of nitrogens with one attached hydrogen (secondary N) is 1. The van der Waals surface area contributed by atoms with Crippen LogP contribution in [-0.4, -0.2) is 20.8 Å². The Morgan fingerprint density at radius 1 is 1.23 bits per heavy atom. The molecule has 0 bridgehead atoms. The van der Waals surface area contributed by atoms with E-state index in [-0.39, 0.29) is 17.1 Å². The van der Waals surface area contributed by atoms with Crippen LogP contribution in [0, 0.1) is 11.3 Å². The first-order valence-electron chi connectivity index (χ1n) is 10.1. The van der Waals surface area contributed by atoms with Gasteiger partial charge in [-0.3, -0.25) is 9.48 Å². The lowest BCUT2D eigenvalue weighted by Gasteiger charge is -2.33. The molecule has 1 unspecified atom stereocenters. The molecular weight excluding hydrogens is 459 g/mol. The van der Waals surface area contributed by atoms with E-state index >= 15 is 0 Å². The van der Waals surface area contributed by atoms with E-state index < -0.39 is 0 Å². The molecule has 1 amide bonds. The third kappa shape index (κ3) is 4.76. The van der Waals surface area contributed by atoms with Gasteiger partial charge >= 0.3 is 0 Å². The van der Waals surface area contributed by atoms with Gasteiger partial charge in [-0.25, -0.2) is 0 Å². The number of anilines is 1. The second-order valence-corrected chi connectivity index (χ2v) is 10.2. The van der Waals surface area contributed by atoms with Gasteiger partial charge < -0.3 is 9.84 Å². The van der Waals surface area contributed by atoms with Crippen molar-refractivity contribution in [2.24, 2.45) is 11.3 Å². The molecule has 1 atom stereocenters. The number of halogens is 3. The highest BCUT2D eigenvalue weighted by atomic mass is 35.5. The molecular formula is C22H23Cl3N4O2. The molecule has 4 rings (SSSR count). The number of fused-ring (bicyclic) bond motifs is 1. The average molecular weight is 482 g/mol. The van der Waals surface area contributed by atoms with Crippen molar-refractivity contribution in [3.63, 3.8) is 0 Å². The van der Waals surface area contributed by atoms with Gasteiger partial charge in [0.05, 0.1) is 16.6 Å². The number of nitrogens with zero attached hydrogens (tertiary/aromatic N) is 3. The fourth-order valence-corrected chi connectivity index (χ4v) is 4.39. The van der Waals surface area contributed by atoms with E-state index in [1.54, 1.807) is 23.0 Å². The highest BCUT2D eigenvalue weighted by molar-refractivity contribution is 6.42. The van der Waals surface area contributed by atoms with Crippen molar-refractivity contribution in [2.45, 2.75) is 46.6 Å². The van der Waals surface area contributed by atoms with E-state index in [0.29, 0.717) is 33.2 Å². The summed E-state index contributed by atoms with van der Waals surface area (Å²) in [4.78, 5) is 12.9. The molecule has 1 aliphatic carbocycles. The number of hydrogen-bond acceptors (Lipinski definition) is 4. The van der Waals surface area contributed by atoms with Gasteiger partial charge in [0.15, 0.2) is 11.5 Å². The maximum Gasteiger partial charge on any atom is 0.279 e. The Bertz CT molecular complexity index is 1130. The van der Waals surface area contributed by atoms with Gasteiger partial charge in [-0.1, -0.05) is 66.8 Å². The topological polar surface area (TPSA) is 73.0 Å². The van der Waals surface area contributed by atoms with Crippen LogP contribution in [0.4, 0.5) is 5.82 Å². The molecule has 0 aliphatic heterocycles. The number of carbonyl (C=O) groups excluding carboxylic acids is 1. The Morgan fingerprint density at radius 3 is 2.71 bits per heavy atom. The molecule has 9 heteroatoms. The van der Waals surface area contributed by atoms with Crippen LogP contribution >= 0.6 is 34.8 Å². The summed E-state index contributed by atoms with van der Waals surface area (Å²) in [5.41, 5.74) is 2.24. The molecule has 0 fully saturated rings. The zero-order chi connectivity index (χ0) is 22.3. The molecule has 2 heterocycles. The van der Waals surface area contributed by atoms with Crippen LogP contribution in [0.3, 0.4) is 0 Å². The van der Waals surface area contributed by atoms with Crippen molar-refractivity contribution in [1.29, 1.82) is 0 Å². The van der Waals surface area contributed by atoms with Crippen molar-refractivity contribution >= 4 is 46.5 Å². The Hall–Kier alpha value is -2.02. The molecule has 164 valence electrons. The van der Waals surface area contributed by atoms with Gasteiger partial charge in [0.25, 0.3) is 5.91 Å². The summed E-state index contributed by atoms with van der Waals surface area (Å²) in [5.74, 6) is 1.15. The quantitative estimate of drug-likeness (QED) is 0.476. The molecule has 1 aliphatic rings. The number of carbonyl (C=O) groups is 1. The van der Waals surface area contributed by atoms with E-state index in [1.165, 1.54) is 0 Å². The van der Waals surface area contributed by atoms with E-state index in [9.17, 15) is 4.79 Å². The van der Waals surface area contributed by atoms with Gasteiger partial charge in [0.2, 0.25) is 0 Å². The summed E-state index contributed by atoms with van der Waals surface area (Å²) >= 11 is 18.4. The van der Waals surface area contributed by atoms with E-state index in [1.807, 2.05) is 6.07 Å². The third-order valence-electron chi connectivity index (χ3n) is 5.76. The highest BCUT2D eigenvalue weighted by Gasteiger charge is 2.34. The largest absolute Gasteiger partial charge is 0.360 e. The smallest absolute Gasteiger partial charge is 0.279 e. The number of aromatic nitrogens is 3. The second kappa shape index (κ2) is 8.49. The Kier molecular flexibility index (Phi) is 6.08. The van der Waals surface area contributed by atoms with Gasteiger partial charge in [0, 0.05) is 18.2 Å². The normalized spacial score (nSPS) is 16.3.